The zero-order valence-corrected chi connectivity index (χ0v) is 15.8. The van der Waals surface area contributed by atoms with Crippen LogP contribution in [0.15, 0.2) is 24.3 Å². The molecule has 4 nitrogen and oxygen atoms in total. The van der Waals surface area contributed by atoms with Gasteiger partial charge in [0, 0.05) is 25.6 Å². The molecule has 2 saturated heterocycles. The zero-order valence-electron chi connectivity index (χ0n) is 14.1. The summed E-state index contributed by atoms with van der Waals surface area (Å²) in [5.41, 5.74) is 2.55. The Hall–Kier alpha value is -0.810. The van der Waals surface area contributed by atoms with E-state index in [1.165, 1.54) is 43.5 Å². The first-order chi connectivity index (χ1) is 10.8. The standard InChI is InChI=1S/C18H27N3O.2ClH/c22-18(12-17-4-3-9-19-17)20-13-15-5-7-16(8-6-15)14-21-10-1-2-11-21;;/h5-8,17,19H,1-4,9-14H2,(H,20,22);2*1H. The van der Waals surface area contributed by atoms with Crippen LogP contribution in [0.5, 0.6) is 0 Å². The summed E-state index contributed by atoms with van der Waals surface area (Å²) in [5, 5.41) is 6.39. The molecule has 1 unspecified atom stereocenters. The number of nitrogens with zero attached hydrogens (tertiary/aromatic N) is 1. The maximum atomic E-state index is 11.9. The number of carbonyl (C=O) groups excluding carboxylic acids is 1. The number of halogens is 2. The predicted octanol–water partition coefficient (Wildman–Crippen LogP) is 2.88. The summed E-state index contributed by atoms with van der Waals surface area (Å²) in [7, 11) is 0. The molecule has 3 rings (SSSR count). The number of rotatable bonds is 6. The second-order valence-corrected chi connectivity index (χ2v) is 6.57. The summed E-state index contributed by atoms with van der Waals surface area (Å²) in [4.78, 5) is 14.4. The number of nitrogens with one attached hydrogen (secondary N) is 2. The number of amides is 1. The van der Waals surface area contributed by atoms with Crippen molar-refractivity contribution < 1.29 is 4.79 Å². The van der Waals surface area contributed by atoms with Crippen molar-refractivity contribution in [3.63, 3.8) is 0 Å². The zero-order chi connectivity index (χ0) is 15.2. The number of carbonyl (C=O) groups is 1. The summed E-state index contributed by atoms with van der Waals surface area (Å²) in [6, 6.07) is 9.04. The minimum atomic E-state index is 0. The molecular formula is C18H29Cl2N3O. The van der Waals surface area contributed by atoms with Gasteiger partial charge < -0.3 is 10.6 Å². The lowest BCUT2D eigenvalue weighted by atomic mass is 10.1. The molecule has 0 radical (unpaired) electrons. The average molecular weight is 374 g/mol. The first-order valence-electron chi connectivity index (χ1n) is 8.60. The van der Waals surface area contributed by atoms with E-state index < -0.39 is 0 Å². The fourth-order valence-electron chi connectivity index (χ4n) is 3.39. The van der Waals surface area contributed by atoms with Gasteiger partial charge in [0.1, 0.15) is 0 Å². The van der Waals surface area contributed by atoms with Gasteiger partial charge in [-0.05, 0) is 56.4 Å². The highest BCUT2D eigenvalue weighted by Gasteiger charge is 2.17. The molecule has 0 aliphatic carbocycles. The van der Waals surface area contributed by atoms with Gasteiger partial charge in [-0.1, -0.05) is 24.3 Å². The Balaban J connectivity index is 0.00000144. The first-order valence-corrected chi connectivity index (χ1v) is 8.60. The van der Waals surface area contributed by atoms with E-state index in [1.54, 1.807) is 0 Å². The molecule has 1 aromatic carbocycles. The maximum Gasteiger partial charge on any atom is 0.221 e. The molecule has 2 fully saturated rings. The van der Waals surface area contributed by atoms with Gasteiger partial charge in [-0.25, -0.2) is 0 Å². The van der Waals surface area contributed by atoms with Crippen LogP contribution in [-0.4, -0.2) is 36.5 Å². The summed E-state index contributed by atoms with van der Waals surface area (Å²) in [6.07, 6.45) is 5.59. The Morgan fingerprint density at radius 1 is 1.08 bits per heavy atom. The van der Waals surface area contributed by atoms with E-state index in [0.717, 1.165) is 19.5 Å². The average Bonchev–Trinajstić information content (AvgIpc) is 3.20. The minimum absolute atomic E-state index is 0. The Morgan fingerprint density at radius 2 is 1.75 bits per heavy atom. The van der Waals surface area contributed by atoms with Crippen molar-refractivity contribution in [2.45, 2.75) is 51.2 Å². The normalized spacial score (nSPS) is 20.2. The molecule has 0 spiro atoms. The van der Waals surface area contributed by atoms with Gasteiger partial charge in [-0.3, -0.25) is 9.69 Å². The third kappa shape index (κ3) is 6.60. The van der Waals surface area contributed by atoms with E-state index in [2.05, 4.69) is 39.8 Å². The molecule has 1 aromatic rings. The summed E-state index contributed by atoms with van der Waals surface area (Å²) in [6.45, 7) is 5.20. The van der Waals surface area contributed by atoms with E-state index in [9.17, 15) is 4.79 Å². The fourth-order valence-corrected chi connectivity index (χ4v) is 3.39. The topological polar surface area (TPSA) is 44.4 Å². The third-order valence-corrected chi connectivity index (χ3v) is 4.71. The van der Waals surface area contributed by atoms with Gasteiger partial charge in [-0.2, -0.15) is 0 Å². The van der Waals surface area contributed by atoms with Crippen molar-refractivity contribution >= 4 is 30.7 Å². The SMILES string of the molecule is Cl.Cl.O=C(CC1CCCN1)NCc1ccc(CN2CCCC2)cc1. The van der Waals surface area contributed by atoms with Crippen molar-refractivity contribution in [3.05, 3.63) is 35.4 Å². The Kier molecular flexibility index (Phi) is 9.67. The molecule has 0 saturated carbocycles. The summed E-state index contributed by atoms with van der Waals surface area (Å²) in [5.74, 6) is 0.153. The van der Waals surface area contributed by atoms with E-state index >= 15 is 0 Å². The van der Waals surface area contributed by atoms with Crippen LogP contribution in [0.2, 0.25) is 0 Å². The van der Waals surface area contributed by atoms with Crippen molar-refractivity contribution in [1.82, 2.24) is 15.5 Å². The Bertz CT molecular complexity index is 484. The Morgan fingerprint density at radius 3 is 2.38 bits per heavy atom. The molecule has 6 heteroatoms. The molecule has 2 aliphatic rings. The summed E-state index contributed by atoms with van der Waals surface area (Å²) >= 11 is 0. The molecule has 136 valence electrons. The fraction of sp³-hybridized carbons (Fsp3) is 0.611. The van der Waals surface area contributed by atoms with Crippen LogP contribution in [0.4, 0.5) is 0 Å². The molecule has 24 heavy (non-hydrogen) atoms. The van der Waals surface area contributed by atoms with Crippen LogP contribution in [0.1, 0.15) is 43.2 Å². The minimum Gasteiger partial charge on any atom is -0.352 e. The van der Waals surface area contributed by atoms with Gasteiger partial charge in [0.25, 0.3) is 0 Å². The molecule has 2 heterocycles. The smallest absolute Gasteiger partial charge is 0.221 e. The van der Waals surface area contributed by atoms with E-state index in [-0.39, 0.29) is 30.7 Å². The highest BCUT2D eigenvalue weighted by Crippen LogP contribution is 2.13. The van der Waals surface area contributed by atoms with Crippen LogP contribution in [0.25, 0.3) is 0 Å². The maximum absolute atomic E-state index is 11.9. The molecule has 0 bridgehead atoms. The number of hydrogen-bond acceptors (Lipinski definition) is 3. The van der Waals surface area contributed by atoms with Gasteiger partial charge in [0.2, 0.25) is 5.91 Å². The molecule has 2 N–H and O–H groups in total. The van der Waals surface area contributed by atoms with E-state index in [4.69, 9.17) is 0 Å². The van der Waals surface area contributed by atoms with Crippen molar-refractivity contribution in [3.8, 4) is 0 Å². The number of hydrogen-bond donors (Lipinski definition) is 2. The highest BCUT2D eigenvalue weighted by atomic mass is 35.5. The van der Waals surface area contributed by atoms with Crippen molar-refractivity contribution in [2.24, 2.45) is 0 Å². The third-order valence-electron chi connectivity index (χ3n) is 4.71. The monoisotopic (exact) mass is 373 g/mol. The molecule has 1 atom stereocenters. The van der Waals surface area contributed by atoms with Gasteiger partial charge in [-0.15, -0.1) is 24.8 Å². The van der Waals surface area contributed by atoms with Crippen molar-refractivity contribution in [2.75, 3.05) is 19.6 Å². The van der Waals surface area contributed by atoms with Crippen LogP contribution in [0.3, 0.4) is 0 Å². The largest absolute Gasteiger partial charge is 0.352 e. The second kappa shape index (κ2) is 10.9. The molecular weight excluding hydrogens is 345 g/mol. The van der Waals surface area contributed by atoms with E-state index in [1.807, 2.05) is 0 Å². The second-order valence-electron chi connectivity index (χ2n) is 6.57. The van der Waals surface area contributed by atoms with Crippen LogP contribution in [0, 0.1) is 0 Å². The Labute approximate surface area is 157 Å². The molecule has 0 aromatic heterocycles. The lowest BCUT2D eigenvalue weighted by Crippen LogP contribution is -2.31. The van der Waals surface area contributed by atoms with Gasteiger partial charge >= 0.3 is 0 Å². The quantitative estimate of drug-likeness (QED) is 0.805. The van der Waals surface area contributed by atoms with Gasteiger partial charge in [0.15, 0.2) is 0 Å². The molecule has 1 amide bonds. The molecule has 2 aliphatic heterocycles. The van der Waals surface area contributed by atoms with Crippen LogP contribution >= 0.6 is 24.8 Å². The van der Waals surface area contributed by atoms with Gasteiger partial charge in [0.05, 0.1) is 0 Å². The lowest BCUT2D eigenvalue weighted by Gasteiger charge is -2.15. The number of benzene rings is 1. The van der Waals surface area contributed by atoms with Crippen LogP contribution < -0.4 is 10.6 Å². The van der Waals surface area contributed by atoms with E-state index in [0.29, 0.717) is 19.0 Å². The summed E-state index contributed by atoms with van der Waals surface area (Å²) < 4.78 is 0. The lowest BCUT2D eigenvalue weighted by molar-refractivity contribution is -0.121. The van der Waals surface area contributed by atoms with Crippen LogP contribution in [-0.2, 0) is 17.9 Å². The number of likely N-dealkylation sites (tertiary alicyclic amines) is 1. The first kappa shape index (κ1) is 21.2. The van der Waals surface area contributed by atoms with Crippen molar-refractivity contribution in [1.29, 1.82) is 0 Å². The predicted molar refractivity (Wildman–Crippen MR) is 103 cm³/mol. The highest BCUT2D eigenvalue weighted by molar-refractivity contribution is 5.85.